The van der Waals surface area contributed by atoms with Crippen LogP contribution in [0.15, 0.2) is 28.8 Å². The lowest BCUT2D eigenvalue weighted by Crippen LogP contribution is -2.10. The van der Waals surface area contributed by atoms with Gasteiger partial charge in [0.2, 0.25) is 0 Å². The van der Waals surface area contributed by atoms with Crippen LogP contribution < -0.4 is 5.73 Å². The Hall–Kier alpha value is -1.79. The Kier molecular flexibility index (Phi) is 3.04. The molecule has 1 unspecified atom stereocenters. The number of rotatable bonds is 3. The third-order valence-electron chi connectivity index (χ3n) is 2.91. The molecule has 4 nitrogen and oxygen atoms in total. The average molecular weight is 277 g/mol. The molecule has 1 aromatic carbocycles. The van der Waals surface area contributed by atoms with Gasteiger partial charge in [-0.2, -0.15) is 4.98 Å². The summed E-state index contributed by atoms with van der Waals surface area (Å²) in [5, 5.41) is 4.83. The summed E-state index contributed by atoms with van der Waals surface area (Å²) < 4.78 is 19.2. The summed E-state index contributed by atoms with van der Waals surface area (Å²) in [6, 6.07) is 6.36. The molecule has 0 fully saturated rings. The van der Waals surface area contributed by atoms with E-state index in [1.54, 1.807) is 6.07 Å². The molecule has 0 amide bonds. The minimum Gasteiger partial charge on any atom is -0.333 e. The predicted octanol–water partition coefficient (Wildman–Crippen LogP) is 3.50. The summed E-state index contributed by atoms with van der Waals surface area (Å²) in [5.74, 6) is 0.682. The summed E-state index contributed by atoms with van der Waals surface area (Å²) in [6.07, 6.45) is 0.747. The van der Waals surface area contributed by atoms with Crippen molar-refractivity contribution >= 4 is 21.4 Å². The van der Waals surface area contributed by atoms with Gasteiger partial charge in [0.1, 0.15) is 5.82 Å². The first-order chi connectivity index (χ1) is 9.17. The molecule has 0 bridgehead atoms. The lowest BCUT2D eigenvalue weighted by Gasteiger charge is -1.98. The van der Waals surface area contributed by atoms with Crippen LogP contribution in [0.1, 0.15) is 25.2 Å². The monoisotopic (exact) mass is 277 g/mol. The molecule has 3 rings (SSSR count). The number of nitrogens with zero attached hydrogens (tertiary/aromatic N) is 2. The van der Waals surface area contributed by atoms with Gasteiger partial charge < -0.3 is 10.3 Å². The Bertz CT molecular complexity index is 722. The molecule has 0 aliphatic heterocycles. The molecule has 19 heavy (non-hydrogen) atoms. The SMILES string of the molecule is CCC(N)c1noc(-c2cc3ccc(F)cc3s2)n1. The maximum atomic E-state index is 13.1. The van der Waals surface area contributed by atoms with Crippen LogP contribution in [0.5, 0.6) is 0 Å². The fourth-order valence-corrected chi connectivity index (χ4v) is 2.79. The van der Waals surface area contributed by atoms with Crippen molar-refractivity contribution in [3.8, 4) is 10.8 Å². The Morgan fingerprint density at radius 2 is 2.26 bits per heavy atom. The van der Waals surface area contributed by atoms with Gasteiger partial charge >= 0.3 is 0 Å². The molecule has 0 radical (unpaired) electrons. The zero-order valence-electron chi connectivity index (χ0n) is 10.3. The standard InChI is InChI=1S/C13H12FN3OS/c1-2-9(15)12-16-13(18-17-12)11-5-7-3-4-8(14)6-10(7)19-11/h3-6,9H,2,15H2,1H3. The van der Waals surface area contributed by atoms with Gasteiger partial charge in [-0.25, -0.2) is 4.39 Å². The van der Waals surface area contributed by atoms with Gasteiger partial charge in [-0.05, 0) is 30.0 Å². The van der Waals surface area contributed by atoms with Crippen molar-refractivity contribution < 1.29 is 8.91 Å². The second-order valence-electron chi connectivity index (χ2n) is 4.27. The van der Waals surface area contributed by atoms with Crippen molar-refractivity contribution in [3.05, 3.63) is 35.9 Å². The van der Waals surface area contributed by atoms with E-state index in [4.69, 9.17) is 10.3 Å². The third kappa shape index (κ3) is 2.24. The van der Waals surface area contributed by atoms with E-state index < -0.39 is 0 Å². The minimum absolute atomic E-state index is 0.218. The van der Waals surface area contributed by atoms with Crippen LogP contribution in [0.3, 0.4) is 0 Å². The third-order valence-corrected chi connectivity index (χ3v) is 3.99. The van der Waals surface area contributed by atoms with E-state index in [0.29, 0.717) is 11.7 Å². The Labute approximate surface area is 113 Å². The number of fused-ring (bicyclic) bond motifs is 1. The first-order valence-electron chi connectivity index (χ1n) is 5.96. The molecular weight excluding hydrogens is 265 g/mol. The number of thiophene rings is 1. The molecule has 2 heterocycles. The zero-order chi connectivity index (χ0) is 13.4. The highest BCUT2D eigenvalue weighted by Gasteiger charge is 2.15. The Balaban J connectivity index is 2.01. The average Bonchev–Trinajstić information content (AvgIpc) is 3.03. The minimum atomic E-state index is -0.250. The fourth-order valence-electron chi connectivity index (χ4n) is 1.78. The summed E-state index contributed by atoms with van der Waals surface area (Å²) in [5.41, 5.74) is 5.85. The first-order valence-corrected chi connectivity index (χ1v) is 6.77. The molecule has 0 saturated carbocycles. The van der Waals surface area contributed by atoms with Gasteiger partial charge in [-0.15, -0.1) is 11.3 Å². The summed E-state index contributed by atoms with van der Waals surface area (Å²) >= 11 is 1.42. The molecule has 3 aromatic rings. The van der Waals surface area contributed by atoms with Crippen molar-refractivity contribution in [2.75, 3.05) is 0 Å². The van der Waals surface area contributed by atoms with Gasteiger partial charge in [-0.3, -0.25) is 0 Å². The van der Waals surface area contributed by atoms with Crippen molar-refractivity contribution in [2.24, 2.45) is 5.73 Å². The fraction of sp³-hybridized carbons (Fsp3) is 0.231. The summed E-state index contributed by atoms with van der Waals surface area (Å²) in [7, 11) is 0. The van der Waals surface area contributed by atoms with Crippen LogP contribution >= 0.6 is 11.3 Å². The number of halogens is 1. The van der Waals surface area contributed by atoms with Crippen LogP contribution in [0.25, 0.3) is 20.9 Å². The maximum Gasteiger partial charge on any atom is 0.268 e. The molecule has 1 atom stereocenters. The van der Waals surface area contributed by atoms with Gasteiger partial charge in [0, 0.05) is 4.70 Å². The normalized spacial score (nSPS) is 13.0. The van der Waals surface area contributed by atoms with E-state index in [9.17, 15) is 4.39 Å². The van der Waals surface area contributed by atoms with Crippen molar-refractivity contribution in [3.63, 3.8) is 0 Å². The van der Waals surface area contributed by atoms with E-state index in [1.807, 2.05) is 13.0 Å². The van der Waals surface area contributed by atoms with Crippen LogP contribution in [0.2, 0.25) is 0 Å². The molecule has 0 aliphatic rings. The van der Waals surface area contributed by atoms with Crippen molar-refractivity contribution in [2.45, 2.75) is 19.4 Å². The topological polar surface area (TPSA) is 64.9 Å². The predicted molar refractivity (Wildman–Crippen MR) is 72.3 cm³/mol. The molecule has 98 valence electrons. The Morgan fingerprint density at radius 3 is 3.05 bits per heavy atom. The lowest BCUT2D eigenvalue weighted by molar-refractivity contribution is 0.416. The van der Waals surface area contributed by atoms with Crippen LogP contribution in [0, 0.1) is 5.82 Å². The maximum absolute atomic E-state index is 13.1. The lowest BCUT2D eigenvalue weighted by atomic mass is 10.2. The number of benzene rings is 1. The van der Waals surface area contributed by atoms with E-state index in [1.165, 1.54) is 23.5 Å². The number of aromatic nitrogens is 2. The quantitative estimate of drug-likeness (QED) is 0.795. The van der Waals surface area contributed by atoms with Crippen LogP contribution in [-0.2, 0) is 0 Å². The number of nitrogens with two attached hydrogens (primary N) is 1. The van der Waals surface area contributed by atoms with Gasteiger partial charge in [-0.1, -0.05) is 18.1 Å². The molecule has 0 spiro atoms. The number of hydrogen-bond donors (Lipinski definition) is 1. The van der Waals surface area contributed by atoms with E-state index >= 15 is 0 Å². The highest BCUT2D eigenvalue weighted by molar-refractivity contribution is 7.22. The highest BCUT2D eigenvalue weighted by Crippen LogP contribution is 2.33. The Morgan fingerprint density at radius 1 is 1.42 bits per heavy atom. The number of hydrogen-bond acceptors (Lipinski definition) is 5. The van der Waals surface area contributed by atoms with E-state index in [0.717, 1.165) is 21.4 Å². The highest BCUT2D eigenvalue weighted by atomic mass is 32.1. The molecule has 0 saturated heterocycles. The molecule has 2 N–H and O–H groups in total. The van der Waals surface area contributed by atoms with Crippen LogP contribution in [-0.4, -0.2) is 10.1 Å². The van der Waals surface area contributed by atoms with E-state index in [2.05, 4.69) is 10.1 Å². The largest absolute Gasteiger partial charge is 0.333 e. The van der Waals surface area contributed by atoms with Gasteiger partial charge in [0.25, 0.3) is 5.89 Å². The first kappa shape index (κ1) is 12.3. The molecular formula is C13H12FN3OS. The van der Waals surface area contributed by atoms with E-state index in [-0.39, 0.29) is 11.9 Å². The second kappa shape index (κ2) is 4.71. The van der Waals surface area contributed by atoms with Crippen molar-refractivity contribution in [1.82, 2.24) is 10.1 Å². The van der Waals surface area contributed by atoms with Gasteiger partial charge in [0.05, 0.1) is 10.9 Å². The second-order valence-corrected chi connectivity index (χ2v) is 5.35. The molecule has 2 aromatic heterocycles. The van der Waals surface area contributed by atoms with Crippen LogP contribution in [0.4, 0.5) is 4.39 Å². The molecule has 0 aliphatic carbocycles. The summed E-state index contributed by atoms with van der Waals surface area (Å²) in [4.78, 5) is 5.10. The smallest absolute Gasteiger partial charge is 0.268 e. The molecule has 6 heteroatoms. The summed E-state index contributed by atoms with van der Waals surface area (Å²) in [6.45, 7) is 1.96. The zero-order valence-corrected chi connectivity index (χ0v) is 11.1. The van der Waals surface area contributed by atoms with Gasteiger partial charge in [0.15, 0.2) is 5.82 Å². The van der Waals surface area contributed by atoms with Crippen molar-refractivity contribution in [1.29, 1.82) is 0 Å².